The summed E-state index contributed by atoms with van der Waals surface area (Å²) in [5.41, 5.74) is 1.96. The molecule has 0 radical (unpaired) electrons. The molecule has 7 heteroatoms. The largest absolute Gasteiger partial charge is 0.486 e. The quantitative estimate of drug-likeness (QED) is 0.793. The summed E-state index contributed by atoms with van der Waals surface area (Å²) in [7, 11) is 0. The molecule has 0 saturated carbocycles. The predicted molar refractivity (Wildman–Crippen MR) is 112 cm³/mol. The fourth-order valence-corrected chi connectivity index (χ4v) is 3.62. The Balaban J connectivity index is 1.30. The Morgan fingerprint density at radius 2 is 1.87 bits per heavy atom. The van der Waals surface area contributed by atoms with Crippen molar-refractivity contribution in [1.29, 1.82) is 0 Å². The van der Waals surface area contributed by atoms with E-state index in [9.17, 15) is 9.59 Å². The Morgan fingerprint density at radius 3 is 2.60 bits per heavy atom. The molecule has 0 aromatic heterocycles. The summed E-state index contributed by atoms with van der Waals surface area (Å²) >= 11 is 0. The van der Waals surface area contributed by atoms with Crippen molar-refractivity contribution < 1.29 is 23.8 Å². The molecule has 1 N–H and O–H groups in total. The molecule has 2 aromatic carbocycles. The molecular formula is C23H26N2O5. The predicted octanol–water partition coefficient (Wildman–Crippen LogP) is 2.88. The maximum Gasteiger partial charge on any atom is 0.258 e. The summed E-state index contributed by atoms with van der Waals surface area (Å²) in [6.07, 6.45) is 0.253. The van der Waals surface area contributed by atoms with E-state index in [1.807, 2.05) is 30.3 Å². The van der Waals surface area contributed by atoms with Crippen LogP contribution in [0.15, 0.2) is 42.5 Å². The second-order valence-electron chi connectivity index (χ2n) is 7.81. The van der Waals surface area contributed by atoms with Gasteiger partial charge in [0.15, 0.2) is 18.1 Å². The van der Waals surface area contributed by atoms with Crippen molar-refractivity contribution in [3.8, 4) is 17.2 Å². The van der Waals surface area contributed by atoms with Gasteiger partial charge >= 0.3 is 0 Å². The summed E-state index contributed by atoms with van der Waals surface area (Å²) < 4.78 is 16.7. The van der Waals surface area contributed by atoms with Crippen LogP contribution in [-0.2, 0) is 9.59 Å². The zero-order chi connectivity index (χ0) is 21.1. The van der Waals surface area contributed by atoms with Crippen LogP contribution in [0, 0.1) is 0 Å². The van der Waals surface area contributed by atoms with Crippen LogP contribution >= 0.6 is 0 Å². The van der Waals surface area contributed by atoms with E-state index in [2.05, 4.69) is 19.2 Å². The smallest absolute Gasteiger partial charge is 0.258 e. The van der Waals surface area contributed by atoms with Gasteiger partial charge in [-0.1, -0.05) is 26.0 Å². The molecule has 2 amide bonds. The molecule has 0 aliphatic carbocycles. The monoisotopic (exact) mass is 410 g/mol. The highest BCUT2D eigenvalue weighted by Crippen LogP contribution is 2.35. The van der Waals surface area contributed by atoms with Crippen LogP contribution in [0.5, 0.6) is 17.2 Å². The van der Waals surface area contributed by atoms with Gasteiger partial charge in [-0.25, -0.2) is 0 Å². The van der Waals surface area contributed by atoms with Crippen LogP contribution in [0.1, 0.15) is 31.7 Å². The number of nitrogens with one attached hydrogen (secondary N) is 1. The fraction of sp³-hybridized carbons (Fsp3) is 0.391. The van der Waals surface area contributed by atoms with Gasteiger partial charge in [0.25, 0.3) is 5.91 Å². The van der Waals surface area contributed by atoms with Crippen molar-refractivity contribution in [3.05, 3.63) is 48.0 Å². The van der Waals surface area contributed by atoms with Crippen molar-refractivity contribution in [3.63, 3.8) is 0 Å². The van der Waals surface area contributed by atoms with Crippen LogP contribution in [0.4, 0.5) is 5.69 Å². The molecule has 30 heavy (non-hydrogen) atoms. The minimum absolute atomic E-state index is 0.0397. The van der Waals surface area contributed by atoms with E-state index >= 15 is 0 Å². The van der Waals surface area contributed by atoms with E-state index in [1.54, 1.807) is 17.0 Å². The molecule has 2 heterocycles. The van der Waals surface area contributed by atoms with Crippen molar-refractivity contribution in [1.82, 2.24) is 5.32 Å². The molecular weight excluding hydrogens is 384 g/mol. The lowest BCUT2D eigenvalue weighted by atomic mass is 10.0. The van der Waals surface area contributed by atoms with Crippen LogP contribution in [0.25, 0.3) is 0 Å². The summed E-state index contributed by atoms with van der Waals surface area (Å²) in [5, 5.41) is 2.89. The van der Waals surface area contributed by atoms with Gasteiger partial charge < -0.3 is 24.4 Å². The average molecular weight is 410 g/mol. The third-order valence-electron chi connectivity index (χ3n) is 5.24. The number of anilines is 1. The number of rotatable bonds is 6. The van der Waals surface area contributed by atoms with Crippen LogP contribution in [0.2, 0.25) is 0 Å². The number of amides is 2. The highest BCUT2D eigenvalue weighted by molar-refractivity contribution is 5.97. The van der Waals surface area contributed by atoms with Crippen molar-refractivity contribution in [2.75, 3.05) is 31.3 Å². The lowest BCUT2D eigenvalue weighted by Crippen LogP contribution is -2.39. The standard InChI is InChI=1S/C23H26N2O5/c1-15(2)16-3-6-19(7-4-16)30-14-22(26)24-17-11-23(27)25(13-17)18-5-8-20-21(12-18)29-10-9-28-20/h3-8,12,15,17H,9-11,13-14H2,1-2H3,(H,24,26)/t17-/m1/s1. The number of ether oxygens (including phenoxy) is 3. The highest BCUT2D eigenvalue weighted by Gasteiger charge is 2.32. The van der Waals surface area contributed by atoms with Crippen molar-refractivity contribution in [2.24, 2.45) is 0 Å². The zero-order valence-electron chi connectivity index (χ0n) is 17.2. The first-order chi connectivity index (χ1) is 14.5. The molecule has 2 aliphatic rings. The first kappa shape index (κ1) is 20.1. The van der Waals surface area contributed by atoms with Crippen molar-refractivity contribution >= 4 is 17.5 Å². The molecule has 2 aromatic rings. The van der Waals surface area contributed by atoms with Gasteiger partial charge in [0.05, 0.1) is 6.04 Å². The van der Waals surface area contributed by atoms with E-state index in [4.69, 9.17) is 14.2 Å². The van der Waals surface area contributed by atoms with Gasteiger partial charge in [0.2, 0.25) is 5.91 Å². The van der Waals surface area contributed by atoms with E-state index in [1.165, 1.54) is 5.56 Å². The maximum absolute atomic E-state index is 12.5. The Bertz CT molecular complexity index is 926. The first-order valence-electron chi connectivity index (χ1n) is 10.2. The summed E-state index contributed by atoms with van der Waals surface area (Å²) in [5.74, 6) is 2.12. The van der Waals surface area contributed by atoms with Gasteiger partial charge in [0.1, 0.15) is 19.0 Å². The number of fused-ring (bicyclic) bond motifs is 1. The Kier molecular flexibility index (Phi) is 5.79. The topological polar surface area (TPSA) is 77.1 Å². The second-order valence-corrected chi connectivity index (χ2v) is 7.81. The molecule has 0 spiro atoms. The minimum Gasteiger partial charge on any atom is -0.486 e. The maximum atomic E-state index is 12.5. The lowest BCUT2D eigenvalue weighted by molar-refractivity contribution is -0.123. The molecule has 4 rings (SSSR count). The van der Waals surface area contributed by atoms with Crippen molar-refractivity contribution in [2.45, 2.75) is 32.2 Å². The normalized spacial score (nSPS) is 17.9. The van der Waals surface area contributed by atoms with Crippen LogP contribution < -0.4 is 24.4 Å². The van der Waals surface area contributed by atoms with Gasteiger partial charge in [-0.05, 0) is 35.7 Å². The minimum atomic E-state index is -0.259. The third-order valence-corrected chi connectivity index (χ3v) is 5.24. The zero-order valence-corrected chi connectivity index (χ0v) is 17.2. The van der Waals surface area contributed by atoms with Gasteiger partial charge in [-0.15, -0.1) is 0 Å². The summed E-state index contributed by atoms with van der Waals surface area (Å²) in [4.78, 5) is 26.4. The van der Waals surface area contributed by atoms with E-state index in [0.717, 1.165) is 5.69 Å². The van der Waals surface area contributed by atoms with Gasteiger partial charge in [0, 0.05) is 24.7 Å². The lowest BCUT2D eigenvalue weighted by Gasteiger charge is -2.22. The SMILES string of the molecule is CC(C)c1ccc(OCC(=O)N[C@@H]2CC(=O)N(c3ccc4c(c3)OCCO4)C2)cc1. The molecule has 7 nitrogen and oxygen atoms in total. The molecule has 1 saturated heterocycles. The van der Waals surface area contributed by atoms with Crippen LogP contribution in [0.3, 0.4) is 0 Å². The number of carbonyl (C=O) groups excluding carboxylic acids is 2. The fourth-order valence-electron chi connectivity index (χ4n) is 3.62. The molecule has 0 unspecified atom stereocenters. The molecule has 2 aliphatic heterocycles. The number of benzene rings is 2. The van der Waals surface area contributed by atoms with E-state index in [-0.39, 0.29) is 30.9 Å². The number of hydrogen-bond donors (Lipinski definition) is 1. The van der Waals surface area contributed by atoms with Gasteiger partial charge in [-0.2, -0.15) is 0 Å². The van der Waals surface area contributed by atoms with E-state index in [0.29, 0.717) is 42.9 Å². The third kappa shape index (κ3) is 4.50. The highest BCUT2D eigenvalue weighted by atomic mass is 16.6. The molecule has 1 atom stereocenters. The number of carbonyl (C=O) groups is 2. The first-order valence-corrected chi connectivity index (χ1v) is 10.2. The van der Waals surface area contributed by atoms with Gasteiger partial charge in [-0.3, -0.25) is 9.59 Å². The van der Waals surface area contributed by atoms with E-state index < -0.39 is 0 Å². The Hall–Kier alpha value is -3.22. The van der Waals surface area contributed by atoms with Crippen LogP contribution in [-0.4, -0.2) is 44.2 Å². The summed E-state index contributed by atoms with van der Waals surface area (Å²) in [6, 6.07) is 12.9. The molecule has 1 fully saturated rings. The molecule has 158 valence electrons. The second kappa shape index (κ2) is 8.65. The Labute approximate surface area is 175 Å². The molecule has 0 bridgehead atoms. The number of nitrogens with zero attached hydrogens (tertiary/aromatic N) is 1. The summed E-state index contributed by atoms with van der Waals surface area (Å²) in [6.45, 7) is 5.58. The Morgan fingerprint density at radius 1 is 1.13 bits per heavy atom. The average Bonchev–Trinajstić information content (AvgIpc) is 3.12. The number of hydrogen-bond acceptors (Lipinski definition) is 5.